The molecule has 1 rings (SSSR count). The summed E-state index contributed by atoms with van der Waals surface area (Å²) in [6.45, 7) is -0.503. The summed E-state index contributed by atoms with van der Waals surface area (Å²) in [6.07, 6.45) is -3.54. The minimum absolute atomic E-state index is 0.0257. The van der Waals surface area contributed by atoms with Crippen LogP contribution in [0.25, 0.3) is 0 Å². The van der Waals surface area contributed by atoms with E-state index in [9.17, 15) is 4.79 Å². The molecule has 0 unspecified atom stereocenters. The van der Waals surface area contributed by atoms with Gasteiger partial charge in [-0.3, -0.25) is 4.79 Å². The minimum atomic E-state index is -1.59. The van der Waals surface area contributed by atoms with Gasteiger partial charge in [-0.15, -0.1) is 0 Å². The number of ketones is 1. The van der Waals surface area contributed by atoms with E-state index in [4.69, 9.17) is 20.4 Å². The molecule has 68 valence electrons. The van der Waals surface area contributed by atoms with Crippen molar-refractivity contribution in [2.75, 3.05) is 6.61 Å². The highest BCUT2D eigenvalue weighted by atomic mass is 16.4. The number of hydrogen-bond acceptors (Lipinski definition) is 5. The summed E-state index contributed by atoms with van der Waals surface area (Å²) in [7, 11) is 0. The van der Waals surface area contributed by atoms with Crippen LogP contribution in [0, 0.1) is 0 Å². The molecule has 12 heavy (non-hydrogen) atoms. The molecule has 0 aromatic carbocycles. The van der Waals surface area contributed by atoms with Crippen LogP contribution in [0.5, 0.6) is 0 Å². The Morgan fingerprint density at radius 3 is 2.33 bits per heavy atom. The minimum Gasteiger partial charge on any atom is -0.392 e. The quantitative estimate of drug-likeness (QED) is 0.354. The molecule has 0 aliphatic heterocycles. The molecule has 0 aromatic rings. The number of aliphatic hydroxyl groups excluding tert-OH is 4. The topological polar surface area (TPSA) is 98.0 Å². The molecule has 0 heterocycles. The maximum absolute atomic E-state index is 10.8. The maximum Gasteiger partial charge on any atom is 0.187 e. The van der Waals surface area contributed by atoms with E-state index in [0.717, 1.165) is 6.08 Å². The second-order valence-corrected chi connectivity index (χ2v) is 2.66. The Balaban J connectivity index is 2.91. The van der Waals surface area contributed by atoms with Crippen LogP contribution in [0.15, 0.2) is 11.6 Å². The number of carbonyl (C=O) groups excluding carboxylic acids is 1. The molecule has 5 heteroatoms. The first kappa shape index (κ1) is 9.34. The van der Waals surface area contributed by atoms with Crippen LogP contribution < -0.4 is 0 Å². The molecule has 3 atom stereocenters. The van der Waals surface area contributed by atoms with Gasteiger partial charge in [-0.05, 0) is 11.6 Å². The predicted molar refractivity (Wildman–Crippen MR) is 38.2 cm³/mol. The molecule has 0 aromatic heterocycles. The van der Waals surface area contributed by atoms with Crippen LogP contribution in [-0.2, 0) is 4.79 Å². The molecule has 1 aliphatic carbocycles. The van der Waals surface area contributed by atoms with E-state index >= 15 is 0 Å². The Kier molecular flexibility index (Phi) is 2.58. The molecule has 0 radical (unpaired) electrons. The Hall–Kier alpha value is -0.750. The lowest BCUT2D eigenvalue weighted by molar-refractivity contribution is -0.134. The molecule has 0 bridgehead atoms. The van der Waals surface area contributed by atoms with Gasteiger partial charge >= 0.3 is 0 Å². The monoisotopic (exact) mass is 174 g/mol. The summed E-state index contributed by atoms with van der Waals surface area (Å²) in [5.74, 6) is -0.697. The lowest BCUT2D eigenvalue weighted by Gasteiger charge is -2.26. The van der Waals surface area contributed by atoms with Crippen LogP contribution in [0.4, 0.5) is 0 Å². The summed E-state index contributed by atoms with van der Waals surface area (Å²) in [5, 5.41) is 35.7. The van der Waals surface area contributed by atoms with Crippen LogP contribution >= 0.6 is 0 Å². The summed E-state index contributed by atoms with van der Waals surface area (Å²) in [6, 6.07) is 0. The largest absolute Gasteiger partial charge is 0.392 e. The molecule has 5 nitrogen and oxygen atoms in total. The molecule has 0 saturated heterocycles. The van der Waals surface area contributed by atoms with Crippen LogP contribution in [-0.4, -0.2) is 51.1 Å². The average molecular weight is 174 g/mol. The van der Waals surface area contributed by atoms with Crippen LogP contribution in [0.1, 0.15) is 0 Å². The predicted octanol–water partition coefficient (Wildman–Crippen LogP) is -2.43. The summed E-state index contributed by atoms with van der Waals surface area (Å²) < 4.78 is 0. The van der Waals surface area contributed by atoms with Gasteiger partial charge in [0.15, 0.2) is 5.78 Å². The van der Waals surface area contributed by atoms with Gasteiger partial charge in [0, 0.05) is 0 Å². The van der Waals surface area contributed by atoms with E-state index in [1.54, 1.807) is 0 Å². The summed E-state index contributed by atoms with van der Waals surface area (Å²) >= 11 is 0. The van der Waals surface area contributed by atoms with E-state index in [1.165, 1.54) is 0 Å². The highest BCUT2D eigenvalue weighted by Crippen LogP contribution is 2.16. The zero-order chi connectivity index (χ0) is 9.30. The SMILES string of the molecule is O=C1C=C(CO)[C@H](O)[C@H](O)[C@@H]1O. The third kappa shape index (κ3) is 1.39. The zero-order valence-electron chi connectivity index (χ0n) is 6.21. The van der Waals surface area contributed by atoms with Crippen LogP contribution in [0.3, 0.4) is 0 Å². The van der Waals surface area contributed by atoms with E-state index in [0.29, 0.717) is 0 Å². The molecule has 0 saturated carbocycles. The normalized spacial score (nSPS) is 36.5. The van der Waals surface area contributed by atoms with Gasteiger partial charge in [-0.2, -0.15) is 0 Å². The maximum atomic E-state index is 10.8. The van der Waals surface area contributed by atoms with Crippen molar-refractivity contribution in [3.8, 4) is 0 Å². The number of carbonyl (C=O) groups is 1. The fraction of sp³-hybridized carbons (Fsp3) is 0.571. The Labute approximate surface area is 68.6 Å². The first-order valence-electron chi connectivity index (χ1n) is 3.47. The highest BCUT2D eigenvalue weighted by Gasteiger charge is 2.35. The second-order valence-electron chi connectivity index (χ2n) is 2.66. The van der Waals surface area contributed by atoms with E-state index < -0.39 is 30.7 Å². The van der Waals surface area contributed by atoms with Gasteiger partial charge in [0.05, 0.1) is 6.61 Å². The lowest BCUT2D eigenvalue weighted by Crippen LogP contribution is -2.46. The summed E-state index contributed by atoms with van der Waals surface area (Å²) in [4.78, 5) is 10.8. The van der Waals surface area contributed by atoms with Gasteiger partial charge in [0.25, 0.3) is 0 Å². The van der Waals surface area contributed by atoms with Crippen molar-refractivity contribution >= 4 is 5.78 Å². The van der Waals surface area contributed by atoms with E-state index in [-0.39, 0.29) is 5.57 Å². The average Bonchev–Trinajstić information content (AvgIpc) is 2.08. The zero-order valence-corrected chi connectivity index (χ0v) is 6.21. The number of aliphatic hydroxyl groups is 4. The van der Waals surface area contributed by atoms with Crippen molar-refractivity contribution in [2.24, 2.45) is 0 Å². The molecule has 0 spiro atoms. The Bertz CT molecular complexity index is 222. The number of hydrogen-bond donors (Lipinski definition) is 4. The van der Waals surface area contributed by atoms with Gasteiger partial charge in [0.2, 0.25) is 0 Å². The molecule has 1 aliphatic rings. The first-order chi connectivity index (χ1) is 5.57. The first-order valence-corrected chi connectivity index (χ1v) is 3.47. The molecular weight excluding hydrogens is 164 g/mol. The van der Waals surface area contributed by atoms with Gasteiger partial charge in [0.1, 0.15) is 18.3 Å². The van der Waals surface area contributed by atoms with E-state index in [2.05, 4.69) is 0 Å². The third-order valence-electron chi connectivity index (χ3n) is 1.83. The van der Waals surface area contributed by atoms with Crippen molar-refractivity contribution in [2.45, 2.75) is 18.3 Å². The van der Waals surface area contributed by atoms with Crippen molar-refractivity contribution in [1.29, 1.82) is 0 Å². The van der Waals surface area contributed by atoms with Crippen LogP contribution in [0.2, 0.25) is 0 Å². The van der Waals surface area contributed by atoms with Gasteiger partial charge < -0.3 is 20.4 Å². The fourth-order valence-corrected chi connectivity index (χ4v) is 1.05. The molecule has 0 amide bonds. The van der Waals surface area contributed by atoms with Crippen molar-refractivity contribution in [3.05, 3.63) is 11.6 Å². The van der Waals surface area contributed by atoms with E-state index in [1.807, 2.05) is 0 Å². The second kappa shape index (κ2) is 3.32. The Morgan fingerprint density at radius 2 is 1.83 bits per heavy atom. The van der Waals surface area contributed by atoms with Gasteiger partial charge in [-0.25, -0.2) is 0 Å². The van der Waals surface area contributed by atoms with Crippen molar-refractivity contribution in [3.63, 3.8) is 0 Å². The summed E-state index contributed by atoms with van der Waals surface area (Å²) in [5.41, 5.74) is 0.0257. The van der Waals surface area contributed by atoms with Crippen molar-refractivity contribution in [1.82, 2.24) is 0 Å². The standard InChI is InChI=1S/C7H10O5/c8-2-3-1-4(9)6(11)7(12)5(3)10/h1,5-8,10-12H,2H2/t5-,6+,7-/m0/s1. The third-order valence-corrected chi connectivity index (χ3v) is 1.83. The van der Waals surface area contributed by atoms with Crippen molar-refractivity contribution < 1.29 is 25.2 Å². The highest BCUT2D eigenvalue weighted by molar-refractivity contribution is 5.95. The smallest absolute Gasteiger partial charge is 0.187 e. The lowest BCUT2D eigenvalue weighted by atomic mass is 9.91. The molecule has 0 fully saturated rings. The molecule has 4 N–H and O–H groups in total. The Morgan fingerprint density at radius 1 is 1.25 bits per heavy atom. The molecular formula is C7H10O5. The number of rotatable bonds is 1. The fourth-order valence-electron chi connectivity index (χ4n) is 1.05. The van der Waals surface area contributed by atoms with Gasteiger partial charge in [-0.1, -0.05) is 0 Å².